The standard InChI is InChI=1S/C30H26ClN13/c31-25-39-26(34-20-4-2-1-3-5-20)41-27(40-25)35-23-14-16-24(17-15-23)38-30-43-28(36-21-10-6-18(32)7-11-21)42-29(44-30)37-22-12-8-19(33)9-13-22/h1-17H,32-33H2,(H2,34,35,39,40,41)(H3,36,37,38,42,43,44). The molecule has 0 saturated carbocycles. The van der Waals surface area contributed by atoms with Crippen LogP contribution < -0.4 is 38.1 Å². The first kappa shape index (κ1) is 27.9. The quantitative estimate of drug-likeness (QED) is 0.0830. The van der Waals surface area contributed by atoms with Crippen molar-refractivity contribution in [3.8, 4) is 0 Å². The summed E-state index contributed by atoms with van der Waals surface area (Å²) in [6, 6.07) is 31.5. The van der Waals surface area contributed by atoms with Crippen LogP contribution in [0.2, 0.25) is 5.28 Å². The number of halogens is 1. The number of nitrogen functional groups attached to an aromatic ring is 2. The molecule has 13 nitrogen and oxygen atoms in total. The van der Waals surface area contributed by atoms with Crippen LogP contribution in [0, 0.1) is 0 Å². The minimum absolute atomic E-state index is 0.0563. The molecule has 44 heavy (non-hydrogen) atoms. The van der Waals surface area contributed by atoms with E-state index in [2.05, 4.69) is 56.5 Å². The average molecular weight is 604 g/mol. The van der Waals surface area contributed by atoms with E-state index in [0.717, 1.165) is 28.4 Å². The van der Waals surface area contributed by atoms with Crippen molar-refractivity contribution in [2.75, 3.05) is 38.1 Å². The van der Waals surface area contributed by atoms with E-state index in [4.69, 9.17) is 23.1 Å². The van der Waals surface area contributed by atoms with Crippen molar-refractivity contribution < 1.29 is 0 Å². The van der Waals surface area contributed by atoms with E-state index in [9.17, 15) is 0 Å². The third-order valence-corrected chi connectivity index (χ3v) is 6.17. The van der Waals surface area contributed by atoms with E-state index < -0.39 is 0 Å². The largest absolute Gasteiger partial charge is 0.399 e. The molecular formula is C30H26ClN13. The van der Waals surface area contributed by atoms with Gasteiger partial charge in [-0.3, -0.25) is 0 Å². The van der Waals surface area contributed by atoms with Crippen LogP contribution >= 0.6 is 11.6 Å². The molecule has 0 saturated heterocycles. The predicted molar refractivity (Wildman–Crippen MR) is 176 cm³/mol. The third kappa shape index (κ3) is 7.54. The SMILES string of the molecule is Nc1ccc(Nc2nc(Nc3ccc(N)cc3)nc(Nc3ccc(Nc4nc(Cl)nc(Nc5ccccc5)n4)cc3)n2)cc1. The van der Waals surface area contributed by atoms with Crippen LogP contribution in [0.4, 0.5) is 69.6 Å². The zero-order valence-electron chi connectivity index (χ0n) is 23.0. The average Bonchev–Trinajstić information content (AvgIpc) is 3.01. The highest BCUT2D eigenvalue weighted by atomic mass is 35.5. The molecule has 218 valence electrons. The first-order valence-corrected chi connectivity index (χ1v) is 13.7. The van der Waals surface area contributed by atoms with Crippen LogP contribution in [0.1, 0.15) is 0 Å². The maximum absolute atomic E-state index is 6.15. The number of aromatic nitrogens is 6. The van der Waals surface area contributed by atoms with Gasteiger partial charge in [0.15, 0.2) is 0 Å². The van der Waals surface area contributed by atoms with E-state index in [1.54, 1.807) is 24.3 Å². The Morgan fingerprint density at radius 1 is 0.364 bits per heavy atom. The number of para-hydroxylation sites is 1. The number of hydrogen-bond acceptors (Lipinski definition) is 13. The second kappa shape index (κ2) is 12.8. The van der Waals surface area contributed by atoms with Gasteiger partial charge in [-0.2, -0.15) is 29.9 Å². The molecule has 2 aromatic heterocycles. The summed E-state index contributed by atoms with van der Waals surface area (Å²) < 4.78 is 0. The molecule has 0 aliphatic rings. The normalized spacial score (nSPS) is 10.6. The van der Waals surface area contributed by atoms with Gasteiger partial charge >= 0.3 is 0 Å². The molecule has 0 amide bonds. The smallest absolute Gasteiger partial charge is 0.233 e. The Balaban J connectivity index is 1.19. The molecule has 0 bridgehead atoms. The van der Waals surface area contributed by atoms with Crippen LogP contribution in [0.15, 0.2) is 103 Å². The van der Waals surface area contributed by atoms with E-state index in [1.165, 1.54) is 0 Å². The Morgan fingerprint density at radius 2 is 0.636 bits per heavy atom. The number of anilines is 12. The minimum atomic E-state index is 0.0563. The summed E-state index contributed by atoms with van der Waals surface area (Å²) in [4.78, 5) is 26.4. The summed E-state index contributed by atoms with van der Waals surface area (Å²) in [6.45, 7) is 0. The van der Waals surface area contributed by atoms with Gasteiger partial charge in [-0.05, 0) is 96.5 Å². The maximum atomic E-state index is 6.15. The minimum Gasteiger partial charge on any atom is -0.399 e. The van der Waals surface area contributed by atoms with Crippen molar-refractivity contribution >= 4 is 81.2 Å². The van der Waals surface area contributed by atoms with E-state index in [1.807, 2.05) is 78.9 Å². The predicted octanol–water partition coefficient (Wildman–Crippen LogP) is 6.59. The Labute approximate surface area is 257 Å². The maximum Gasteiger partial charge on any atom is 0.233 e. The lowest BCUT2D eigenvalue weighted by molar-refractivity contribution is 1.06. The fraction of sp³-hybridized carbons (Fsp3) is 0. The van der Waals surface area contributed by atoms with Gasteiger partial charge < -0.3 is 38.1 Å². The molecular weight excluding hydrogens is 578 g/mol. The highest BCUT2D eigenvalue weighted by Gasteiger charge is 2.10. The van der Waals surface area contributed by atoms with E-state index >= 15 is 0 Å². The molecule has 6 rings (SSSR count). The van der Waals surface area contributed by atoms with Gasteiger partial charge in [0.1, 0.15) is 0 Å². The second-order valence-electron chi connectivity index (χ2n) is 9.37. The van der Waals surface area contributed by atoms with Crippen LogP contribution in [-0.4, -0.2) is 29.9 Å². The molecule has 0 radical (unpaired) electrons. The highest BCUT2D eigenvalue weighted by Crippen LogP contribution is 2.24. The summed E-state index contributed by atoms with van der Waals surface area (Å²) in [7, 11) is 0. The first-order valence-electron chi connectivity index (χ1n) is 13.3. The lowest BCUT2D eigenvalue weighted by Gasteiger charge is -2.12. The number of rotatable bonds is 10. The zero-order chi connectivity index (χ0) is 30.3. The molecule has 0 fully saturated rings. The lowest BCUT2D eigenvalue weighted by atomic mass is 10.3. The zero-order valence-corrected chi connectivity index (χ0v) is 23.8. The Bertz CT molecular complexity index is 1790. The van der Waals surface area contributed by atoms with Crippen molar-refractivity contribution in [3.05, 3.63) is 108 Å². The van der Waals surface area contributed by atoms with E-state index in [0.29, 0.717) is 41.1 Å². The van der Waals surface area contributed by atoms with Crippen LogP contribution in [0.3, 0.4) is 0 Å². The molecule has 0 aliphatic heterocycles. The van der Waals surface area contributed by atoms with Crippen LogP contribution in [0.5, 0.6) is 0 Å². The number of nitrogens with two attached hydrogens (primary N) is 2. The van der Waals surface area contributed by atoms with Gasteiger partial charge in [-0.25, -0.2) is 0 Å². The van der Waals surface area contributed by atoms with Crippen molar-refractivity contribution in [2.45, 2.75) is 0 Å². The molecule has 0 spiro atoms. The fourth-order valence-corrected chi connectivity index (χ4v) is 4.10. The molecule has 9 N–H and O–H groups in total. The van der Waals surface area contributed by atoms with Crippen molar-refractivity contribution in [2.24, 2.45) is 0 Å². The van der Waals surface area contributed by atoms with Gasteiger partial charge in [0.2, 0.25) is 35.0 Å². The van der Waals surface area contributed by atoms with Gasteiger partial charge in [0, 0.05) is 39.8 Å². The van der Waals surface area contributed by atoms with Gasteiger partial charge in [0.05, 0.1) is 0 Å². The molecule has 0 unspecified atom stereocenters. The molecule has 0 atom stereocenters. The summed E-state index contributed by atoms with van der Waals surface area (Å²) in [5.74, 6) is 1.58. The van der Waals surface area contributed by atoms with Gasteiger partial charge in [-0.1, -0.05) is 18.2 Å². The summed E-state index contributed by atoms with van der Waals surface area (Å²) in [5, 5.41) is 15.9. The molecule has 6 aromatic rings. The lowest BCUT2D eigenvalue weighted by Crippen LogP contribution is -2.07. The topological polar surface area (TPSA) is 190 Å². The summed E-state index contributed by atoms with van der Waals surface area (Å²) in [6.07, 6.45) is 0. The van der Waals surface area contributed by atoms with E-state index in [-0.39, 0.29) is 5.28 Å². The number of nitrogens with zero attached hydrogens (tertiary/aromatic N) is 6. The monoisotopic (exact) mass is 603 g/mol. The summed E-state index contributed by atoms with van der Waals surface area (Å²) >= 11 is 6.15. The van der Waals surface area contributed by atoms with Crippen molar-refractivity contribution in [1.82, 2.24) is 29.9 Å². The molecule has 4 aromatic carbocycles. The van der Waals surface area contributed by atoms with Gasteiger partial charge in [0.25, 0.3) is 0 Å². The number of benzene rings is 4. The summed E-state index contributed by atoms with van der Waals surface area (Å²) in [5.41, 5.74) is 16.8. The second-order valence-corrected chi connectivity index (χ2v) is 9.71. The number of nitrogens with one attached hydrogen (secondary N) is 5. The van der Waals surface area contributed by atoms with Crippen molar-refractivity contribution in [1.29, 1.82) is 0 Å². The Kier molecular flexibility index (Phi) is 8.10. The molecule has 14 heteroatoms. The Hall–Kier alpha value is -6.21. The molecule has 0 aliphatic carbocycles. The van der Waals surface area contributed by atoms with Gasteiger partial charge in [-0.15, -0.1) is 0 Å². The van der Waals surface area contributed by atoms with Crippen molar-refractivity contribution in [3.63, 3.8) is 0 Å². The fourth-order valence-electron chi connectivity index (χ4n) is 3.94. The first-order chi connectivity index (χ1) is 21.4. The Morgan fingerprint density at radius 3 is 0.977 bits per heavy atom. The highest BCUT2D eigenvalue weighted by molar-refractivity contribution is 6.28. The molecule has 2 heterocycles. The number of hydrogen-bond donors (Lipinski definition) is 7. The van der Waals surface area contributed by atoms with Crippen LogP contribution in [-0.2, 0) is 0 Å². The van der Waals surface area contributed by atoms with Crippen LogP contribution in [0.25, 0.3) is 0 Å². The third-order valence-electron chi connectivity index (χ3n) is 6.00.